The van der Waals surface area contributed by atoms with Gasteiger partial charge in [-0.05, 0) is 19.1 Å². The van der Waals surface area contributed by atoms with Gasteiger partial charge in [0.2, 0.25) is 0 Å². The number of ketones is 1. The van der Waals surface area contributed by atoms with E-state index in [-0.39, 0.29) is 11.2 Å². The summed E-state index contributed by atoms with van der Waals surface area (Å²) < 4.78 is 11.3. The zero-order valence-electron chi connectivity index (χ0n) is 10.2. The molecule has 17 heavy (non-hydrogen) atoms. The van der Waals surface area contributed by atoms with Gasteiger partial charge in [-0.2, -0.15) is 0 Å². The van der Waals surface area contributed by atoms with Crippen LogP contribution in [0.1, 0.15) is 31.1 Å². The molecule has 0 spiro atoms. The summed E-state index contributed by atoms with van der Waals surface area (Å²) in [5.74, 6) is 1.04. The molecule has 4 heteroatoms. The van der Waals surface area contributed by atoms with E-state index in [0.717, 1.165) is 0 Å². The average molecular weight is 255 g/mol. The molecule has 0 bridgehead atoms. The van der Waals surface area contributed by atoms with E-state index in [1.165, 1.54) is 6.92 Å². The van der Waals surface area contributed by atoms with Crippen molar-refractivity contribution in [2.45, 2.75) is 20.8 Å². The van der Waals surface area contributed by atoms with Crippen molar-refractivity contribution in [2.24, 2.45) is 5.41 Å². The number of benzene rings is 1. The van der Waals surface area contributed by atoms with Crippen molar-refractivity contribution in [3.05, 3.63) is 22.7 Å². The Kier molecular flexibility index (Phi) is 3.04. The van der Waals surface area contributed by atoms with Crippen LogP contribution in [0.15, 0.2) is 12.1 Å². The van der Waals surface area contributed by atoms with Crippen molar-refractivity contribution >= 4 is 17.4 Å². The van der Waals surface area contributed by atoms with Gasteiger partial charge in [0, 0.05) is 11.0 Å². The largest absolute Gasteiger partial charge is 0.489 e. The molecule has 0 amide bonds. The predicted molar refractivity (Wildman–Crippen MR) is 66.2 cm³/mol. The lowest BCUT2D eigenvalue weighted by Crippen LogP contribution is -2.26. The number of ether oxygens (including phenoxy) is 2. The second-order valence-corrected chi connectivity index (χ2v) is 5.49. The van der Waals surface area contributed by atoms with Crippen LogP contribution in [0.4, 0.5) is 0 Å². The molecule has 1 heterocycles. The monoisotopic (exact) mass is 254 g/mol. The molecule has 0 aromatic heterocycles. The molecule has 1 aliphatic rings. The van der Waals surface area contributed by atoms with Crippen molar-refractivity contribution in [1.82, 2.24) is 0 Å². The van der Waals surface area contributed by atoms with Gasteiger partial charge >= 0.3 is 0 Å². The highest BCUT2D eigenvalue weighted by Gasteiger charge is 2.27. The predicted octanol–water partition coefficient (Wildman–Crippen LogP) is 3.34. The Labute approximate surface area is 106 Å². The highest BCUT2D eigenvalue weighted by molar-refractivity contribution is 6.32. The molecule has 0 N–H and O–H groups in total. The molecule has 0 aliphatic carbocycles. The summed E-state index contributed by atoms with van der Waals surface area (Å²) in [5.41, 5.74) is 0.468. The number of hydrogen-bond donors (Lipinski definition) is 0. The fourth-order valence-corrected chi connectivity index (χ4v) is 1.87. The second-order valence-electron chi connectivity index (χ2n) is 5.08. The standard InChI is InChI=1S/C13H15ClO3/c1-8(15)9-4-10(14)12-11(5-9)16-6-13(2,3)7-17-12/h4-5H,6-7H2,1-3H3. The summed E-state index contributed by atoms with van der Waals surface area (Å²) in [7, 11) is 0. The van der Waals surface area contributed by atoms with Gasteiger partial charge in [-0.3, -0.25) is 4.79 Å². The van der Waals surface area contributed by atoms with Crippen molar-refractivity contribution in [1.29, 1.82) is 0 Å². The summed E-state index contributed by atoms with van der Waals surface area (Å²) in [6.07, 6.45) is 0. The zero-order valence-corrected chi connectivity index (χ0v) is 10.9. The van der Waals surface area contributed by atoms with E-state index in [1.54, 1.807) is 12.1 Å². The third-order valence-electron chi connectivity index (χ3n) is 2.64. The molecule has 0 radical (unpaired) electrons. The van der Waals surface area contributed by atoms with E-state index in [9.17, 15) is 4.79 Å². The molecule has 0 atom stereocenters. The highest BCUT2D eigenvalue weighted by atomic mass is 35.5. The Balaban J connectivity index is 2.43. The molecule has 2 rings (SSSR count). The van der Waals surface area contributed by atoms with E-state index in [4.69, 9.17) is 21.1 Å². The number of halogens is 1. The van der Waals surface area contributed by atoms with Crippen LogP contribution in [0.25, 0.3) is 0 Å². The van der Waals surface area contributed by atoms with Crippen LogP contribution in [0, 0.1) is 5.41 Å². The molecule has 0 fully saturated rings. The van der Waals surface area contributed by atoms with Gasteiger partial charge in [-0.15, -0.1) is 0 Å². The van der Waals surface area contributed by atoms with Crippen molar-refractivity contribution in [3.8, 4) is 11.5 Å². The fourth-order valence-electron chi connectivity index (χ4n) is 1.60. The average Bonchev–Trinajstić information content (AvgIpc) is 2.38. The van der Waals surface area contributed by atoms with Gasteiger partial charge < -0.3 is 9.47 Å². The number of Topliss-reactive ketones (excluding diaryl/α,β-unsaturated/α-hetero) is 1. The first-order valence-corrected chi connectivity index (χ1v) is 5.87. The molecule has 1 aromatic rings. The first-order valence-electron chi connectivity index (χ1n) is 5.49. The van der Waals surface area contributed by atoms with Crippen LogP contribution < -0.4 is 9.47 Å². The zero-order chi connectivity index (χ0) is 12.6. The SMILES string of the molecule is CC(=O)c1cc(Cl)c2c(c1)OCC(C)(C)CO2. The van der Waals surface area contributed by atoms with Crippen molar-refractivity contribution < 1.29 is 14.3 Å². The number of rotatable bonds is 1. The summed E-state index contributed by atoms with van der Waals surface area (Å²) in [6.45, 7) is 6.69. The van der Waals surface area contributed by atoms with Gasteiger partial charge in [0.1, 0.15) is 0 Å². The topological polar surface area (TPSA) is 35.5 Å². The van der Waals surface area contributed by atoms with Crippen LogP contribution >= 0.6 is 11.6 Å². The number of fused-ring (bicyclic) bond motifs is 1. The van der Waals surface area contributed by atoms with Gasteiger partial charge in [0.05, 0.1) is 18.2 Å². The molecule has 0 saturated carbocycles. The lowest BCUT2D eigenvalue weighted by Gasteiger charge is -2.19. The van der Waals surface area contributed by atoms with Crippen LogP contribution in [-0.2, 0) is 0 Å². The lowest BCUT2D eigenvalue weighted by molar-refractivity contribution is 0.101. The highest BCUT2D eigenvalue weighted by Crippen LogP contribution is 2.40. The summed E-state index contributed by atoms with van der Waals surface area (Å²) >= 11 is 6.10. The molecular formula is C13H15ClO3. The Bertz CT molecular complexity index is 466. The van der Waals surface area contributed by atoms with Gasteiger partial charge in [-0.1, -0.05) is 25.4 Å². The molecular weight excluding hydrogens is 240 g/mol. The first kappa shape index (κ1) is 12.2. The molecule has 1 aliphatic heterocycles. The van der Waals surface area contributed by atoms with Crippen LogP contribution in [0.5, 0.6) is 11.5 Å². The minimum Gasteiger partial charge on any atom is -0.489 e. The number of hydrogen-bond acceptors (Lipinski definition) is 3. The summed E-state index contributed by atoms with van der Waals surface area (Å²) in [4.78, 5) is 11.3. The summed E-state index contributed by atoms with van der Waals surface area (Å²) in [5, 5.41) is 0.422. The van der Waals surface area contributed by atoms with Gasteiger partial charge in [0.25, 0.3) is 0 Å². The minimum atomic E-state index is -0.0707. The maximum Gasteiger partial charge on any atom is 0.179 e. The van der Waals surface area contributed by atoms with E-state index in [0.29, 0.717) is 35.3 Å². The van der Waals surface area contributed by atoms with E-state index in [2.05, 4.69) is 13.8 Å². The second kappa shape index (κ2) is 4.22. The smallest absolute Gasteiger partial charge is 0.179 e. The lowest BCUT2D eigenvalue weighted by atomic mass is 9.97. The van der Waals surface area contributed by atoms with Crippen molar-refractivity contribution in [2.75, 3.05) is 13.2 Å². The van der Waals surface area contributed by atoms with Crippen LogP contribution in [-0.4, -0.2) is 19.0 Å². The van der Waals surface area contributed by atoms with Gasteiger partial charge in [-0.25, -0.2) is 0 Å². The fraction of sp³-hybridized carbons (Fsp3) is 0.462. The maximum absolute atomic E-state index is 11.3. The molecule has 3 nitrogen and oxygen atoms in total. The molecule has 1 aromatic carbocycles. The van der Waals surface area contributed by atoms with Gasteiger partial charge in [0.15, 0.2) is 17.3 Å². The third kappa shape index (κ3) is 2.55. The normalized spacial score (nSPS) is 17.4. The summed E-state index contributed by atoms with van der Waals surface area (Å²) in [6, 6.07) is 3.30. The quantitative estimate of drug-likeness (QED) is 0.721. The maximum atomic E-state index is 11.3. The Morgan fingerprint density at radius 1 is 1.29 bits per heavy atom. The van der Waals surface area contributed by atoms with E-state index in [1.807, 2.05) is 0 Å². The Morgan fingerprint density at radius 3 is 2.59 bits per heavy atom. The number of carbonyl (C=O) groups excluding carboxylic acids is 1. The molecule has 92 valence electrons. The first-order chi connectivity index (χ1) is 7.89. The minimum absolute atomic E-state index is 0.0400. The van der Waals surface area contributed by atoms with E-state index < -0.39 is 0 Å². The number of carbonyl (C=O) groups is 1. The van der Waals surface area contributed by atoms with E-state index >= 15 is 0 Å². The molecule has 0 unspecified atom stereocenters. The van der Waals surface area contributed by atoms with Crippen molar-refractivity contribution in [3.63, 3.8) is 0 Å². The Hall–Kier alpha value is -1.22. The Morgan fingerprint density at radius 2 is 1.94 bits per heavy atom. The van der Waals surface area contributed by atoms with Crippen LogP contribution in [0.2, 0.25) is 5.02 Å². The van der Waals surface area contributed by atoms with Crippen LogP contribution in [0.3, 0.4) is 0 Å². The molecule has 0 saturated heterocycles. The third-order valence-corrected chi connectivity index (χ3v) is 2.92.